The Labute approximate surface area is 228 Å². The molecule has 3 aromatic rings. The molecule has 0 bridgehead atoms. The largest absolute Gasteiger partial charge is 0.497 e. The molecule has 0 N–H and O–H groups in total. The summed E-state index contributed by atoms with van der Waals surface area (Å²) in [7, 11) is 3.42. The van der Waals surface area contributed by atoms with Crippen molar-refractivity contribution in [3.63, 3.8) is 0 Å². The van der Waals surface area contributed by atoms with E-state index in [-0.39, 0.29) is 24.4 Å². The topological polar surface area (TPSA) is 100 Å². The molecule has 3 heterocycles. The van der Waals surface area contributed by atoms with Gasteiger partial charge in [-0.05, 0) is 55.2 Å². The van der Waals surface area contributed by atoms with Crippen molar-refractivity contribution in [3.05, 3.63) is 76.0 Å². The molecule has 204 valence electrons. The number of nitroso groups, excluding NO2 is 1. The highest BCUT2D eigenvalue weighted by Gasteiger charge is 2.37. The second-order valence-electron chi connectivity index (χ2n) is 10.1. The number of amides is 2. The number of piperidine rings is 1. The second-order valence-corrected chi connectivity index (χ2v) is 10.1. The van der Waals surface area contributed by atoms with Crippen molar-refractivity contribution in [2.24, 2.45) is 5.18 Å². The number of methoxy groups -OCH3 is 1. The second kappa shape index (κ2) is 11.3. The van der Waals surface area contributed by atoms with Gasteiger partial charge in [-0.3, -0.25) is 9.59 Å². The van der Waals surface area contributed by atoms with Gasteiger partial charge in [-0.15, -0.1) is 0 Å². The van der Waals surface area contributed by atoms with Crippen molar-refractivity contribution in [2.75, 3.05) is 38.7 Å². The number of fused-ring (bicyclic) bond motifs is 1. The van der Waals surface area contributed by atoms with E-state index in [4.69, 9.17) is 4.74 Å². The first-order valence-electron chi connectivity index (χ1n) is 13.3. The number of ether oxygens (including phenoxy) is 1. The number of rotatable bonds is 8. The van der Waals surface area contributed by atoms with Gasteiger partial charge in [0.25, 0.3) is 5.91 Å². The summed E-state index contributed by atoms with van der Waals surface area (Å²) >= 11 is 0. The summed E-state index contributed by atoms with van der Waals surface area (Å²) in [6.07, 6.45) is 2.33. The highest BCUT2D eigenvalue weighted by molar-refractivity contribution is 5.96. The minimum absolute atomic E-state index is 0.0347. The monoisotopic (exact) mass is 530 g/mol. The summed E-state index contributed by atoms with van der Waals surface area (Å²) in [6.45, 7) is 4.31. The van der Waals surface area contributed by atoms with E-state index in [2.05, 4.69) is 27.3 Å². The van der Waals surface area contributed by atoms with Gasteiger partial charge in [0.1, 0.15) is 18.0 Å². The zero-order valence-corrected chi connectivity index (χ0v) is 22.7. The Kier molecular flexibility index (Phi) is 7.63. The number of nitrogens with zero attached hydrogens (tertiary/aromatic N) is 6. The minimum atomic E-state index is -0.0601. The van der Waals surface area contributed by atoms with Gasteiger partial charge in [-0.25, -0.2) is 4.68 Å². The van der Waals surface area contributed by atoms with Crippen LogP contribution in [0.25, 0.3) is 5.69 Å². The number of benzene rings is 2. The average Bonchev–Trinajstić information content (AvgIpc) is 3.33. The van der Waals surface area contributed by atoms with Crippen LogP contribution in [0.1, 0.15) is 47.1 Å². The highest BCUT2D eigenvalue weighted by atomic mass is 16.5. The van der Waals surface area contributed by atoms with Crippen LogP contribution in [0.15, 0.2) is 53.7 Å². The van der Waals surface area contributed by atoms with E-state index < -0.39 is 0 Å². The van der Waals surface area contributed by atoms with E-state index in [0.717, 1.165) is 48.4 Å². The van der Waals surface area contributed by atoms with Gasteiger partial charge in [0.15, 0.2) is 0 Å². The van der Waals surface area contributed by atoms with E-state index >= 15 is 0 Å². The number of hydrogen-bond donors (Lipinski definition) is 0. The van der Waals surface area contributed by atoms with Crippen molar-refractivity contribution in [3.8, 4) is 11.4 Å². The van der Waals surface area contributed by atoms with E-state index in [1.807, 2.05) is 48.3 Å². The average molecular weight is 531 g/mol. The molecule has 10 heteroatoms. The predicted molar refractivity (Wildman–Crippen MR) is 148 cm³/mol. The standard InChI is InChI=1S/C29H34N6O4/c1-20(36)32(2)19-21-6-4-5-7-27(21)33-15-12-22(13-16-33)34-17-14-25-26(18-30-38)31-35(28(25)29(34)37)23-8-10-24(39-3)11-9-23/h4-11,22H,12-19H2,1-3H3. The Morgan fingerprint density at radius 3 is 2.49 bits per heavy atom. The summed E-state index contributed by atoms with van der Waals surface area (Å²) in [6, 6.07) is 15.7. The van der Waals surface area contributed by atoms with E-state index in [1.165, 1.54) is 0 Å². The molecule has 0 radical (unpaired) electrons. The van der Waals surface area contributed by atoms with Crippen LogP contribution in [-0.2, 0) is 24.3 Å². The normalized spacial score (nSPS) is 15.7. The van der Waals surface area contributed by atoms with E-state index in [1.54, 1.807) is 23.6 Å². The van der Waals surface area contributed by atoms with Crippen molar-refractivity contribution in [2.45, 2.75) is 45.3 Å². The van der Waals surface area contributed by atoms with Crippen LogP contribution in [0.3, 0.4) is 0 Å². The van der Waals surface area contributed by atoms with Crippen LogP contribution in [0.2, 0.25) is 0 Å². The molecule has 39 heavy (non-hydrogen) atoms. The van der Waals surface area contributed by atoms with E-state index in [0.29, 0.717) is 36.6 Å². The minimum Gasteiger partial charge on any atom is -0.497 e. The Morgan fingerprint density at radius 2 is 1.82 bits per heavy atom. The maximum atomic E-state index is 13.9. The summed E-state index contributed by atoms with van der Waals surface area (Å²) in [4.78, 5) is 42.9. The lowest BCUT2D eigenvalue weighted by Gasteiger charge is -2.41. The van der Waals surface area contributed by atoms with Crippen LogP contribution in [0, 0.1) is 4.91 Å². The molecule has 2 aliphatic heterocycles. The van der Waals surface area contributed by atoms with Gasteiger partial charge in [0.05, 0.1) is 18.5 Å². The fraction of sp³-hybridized carbons (Fsp3) is 0.414. The van der Waals surface area contributed by atoms with Gasteiger partial charge >= 0.3 is 0 Å². The smallest absolute Gasteiger partial charge is 0.273 e. The molecule has 2 aliphatic rings. The number of aromatic nitrogens is 2. The predicted octanol–water partition coefficient (Wildman–Crippen LogP) is 3.79. The number of carbonyl (C=O) groups is 2. The molecule has 1 saturated heterocycles. The molecular formula is C29H34N6O4. The third kappa shape index (κ3) is 5.23. The number of hydrogen-bond acceptors (Lipinski definition) is 7. The van der Waals surface area contributed by atoms with Crippen LogP contribution in [0.4, 0.5) is 5.69 Å². The fourth-order valence-electron chi connectivity index (χ4n) is 5.63. The summed E-state index contributed by atoms with van der Waals surface area (Å²) < 4.78 is 6.93. The molecular weight excluding hydrogens is 496 g/mol. The lowest BCUT2D eigenvalue weighted by molar-refractivity contribution is -0.128. The van der Waals surface area contributed by atoms with Crippen molar-refractivity contribution >= 4 is 17.5 Å². The van der Waals surface area contributed by atoms with Crippen molar-refractivity contribution in [1.82, 2.24) is 19.6 Å². The number of anilines is 1. The lowest BCUT2D eigenvalue weighted by Crippen LogP contribution is -2.50. The SMILES string of the molecule is COc1ccc(-n2nc(CN=O)c3c2C(=O)N(C2CCN(c4ccccc4CN(C)C(C)=O)CC2)CC3)cc1. The molecule has 0 spiro atoms. The fourth-order valence-corrected chi connectivity index (χ4v) is 5.63. The van der Waals surface area contributed by atoms with Gasteiger partial charge in [-0.1, -0.05) is 23.4 Å². The maximum Gasteiger partial charge on any atom is 0.273 e. The van der Waals surface area contributed by atoms with Crippen LogP contribution in [0.5, 0.6) is 5.75 Å². The third-order valence-electron chi connectivity index (χ3n) is 7.85. The summed E-state index contributed by atoms with van der Waals surface area (Å²) in [5.74, 6) is 0.690. The molecule has 2 aromatic carbocycles. The van der Waals surface area contributed by atoms with Crippen molar-refractivity contribution < 1.29 is 14.3 Å². The zero-order valence-electron chi connectivity index (χ0n) is 22.7. The number of carbonyl (C=O) groups excluding carboxylic acids is 2. The summed E-state index contributed by atoms with van der Waals surface area (Å²) in [5, 5.41) is 7.69. The molecule has 0 atom stereocenters. The first kappa shape index (κ1) is 26.4. The van der Waals surface area contributed by atoms with Crippen LogP contribution < -0.4 is 9.64 Å². The molecule has 0 saturated carbocycles. The molecule has 2 amide bonds. The van der Waals surface area contributed by atoms with Gasteiger partial charge < -0.3 is 19.4 Å². The molecule has 1 aromatic heterocycles. The van der Waals surface area contributed by atoms with Gasteiger partial charge in [0.2, 0.25) is 5.91 Å². The zero-order chi connectivity index (χ0) is 27.5. The molecule has 1 fully saturated rings. The van der Waals surface area contributed by atoms with Crippen molar-refractivity contribution in [1.29, 1.82) is 0 Å². The first-order chi connectivity index (χ1) is 18.9. The number of para-hydroxylation sites is 1. The molecule has 0 aliphatic carbocycles. The molecule has 10 nitrogen and oxygen atoms in total. The lowest BCUT2D eigenvalue weighted by atomic mass is 9.96. The highest BCUT2D eigenvalue weighted by Crippen LogP contribution is 2.32. The first-order valence-corrected chi connectivity index (χ1v) is 13.3. The molecule has 5 rings (SSSR count). The Morgan fingerprint density at radius 1 is 1.10 bits per heavy atom. The Balaban J connectivity index is 1.35. The Hall–Kier alpha value is -4.21. The van der Waals surface area contributed by atoms with Crippen LogP contribution in [-0.4, -0.2) is 71.2 Å². The molecule has 0 unspecified atom stereocenters. The van der Waals surface area contributed by atoms with Crippen LogP contribution >= 0.6 is 0 Å². The Bertz CT molecular complexity index is 1360. The van der Waals surface area contributed by atoms with Gasteiger partial charge in [-0.2, -0.15) is 10.0 Å². The van der Waals surface area contributed by atoms with Gasteiger partial charge in [0, 0.05) is 57.4 Å². The summed E-state index contributed by atoms with van der Waals surface area (Å²) in [5.41, 5.74) is 4.89. The maximum absolute atomic E-state index is 13.9. The quantitative estimate of drug-likeness (QED) is 0.411. The van der Waals surface area contributed by atoms with E-state index in [9.17, 15) is 14.5 Å². The third-order valence-corrected chi connectivity index (χ3v) is 7.85.